The zero-order valence-electron chi connectivity index (χ0n) is 12.5. The van der Waals surface area contributed by atoms with Crippen molar-refractivity contribution in [3.8, 4) is 0 Å². The van der Waals surface area contributed by atoms with Gasteiger partial charge in [0.2, 0.25) is 5.91 Å². The summed E-state index contributed by atoms with van der Waals surface area (Å²) in [5.41, 5.74) is 0. The molecule has 2 N–H and O–H groups in total. The molecule has 0 fully saturated rings. The van der Waals surface area contributed by atoms with Crippen LogP contribution in [0.1, 0.15) is 32.6 Å². The number of carbonyl (C=O) groups excluding carboxylic acids is 3. The number of carbonyl (C=O) groups is 3. The monoisotopic (exact) mass is 287 g/mol. The normalized spacial score (nSPS) is 10.2. The second-order valence-corrected chi connectivity index (χ2v) is 4.58. The van der Waals surface area contributed by atoms with Crippen LogP contribution in [-0.4, -0.2) is 56.6 Å². The van der Waals surface area contributed by atoms with Gasteiger partial charge in [-0.25, -0.2) is 4.79 Å². The van der Waals surface area contributed by atoms with Crippen molar-refractivity contribution >= 4 is 17.9 Å². The van der Waals surface area contributed by atoms with Gasteiger partial charge < -0.3 is 10.1 Å². The summed E-state index contributed by atoms with van der Waals surface area (Å²) in [6.45, 7) is 3.28. The number of hydrogen-bond donors (Lipinski definition) is 2. The fraction of sp³-hybridized carbons (Fsp3) is 0.769. The summed E-state index contributed by atoms with van der Waals surface area (Å²) in [6.07, 6.45) is 2.80. The van der Waals surface area contributed by atoms with E-state index >= 15 is 0 Å². The molecule has 0 aliphatic carbocycles. The van der Waals surface area contributed by atoms with Crippen molar-refractivity contribution in [2.24, 2.45) is 0 Å². The third-order valence-electron chi connectivity index (χ3n) is 2.63. The predicted octanol–water partition coefficient (Wildman–Crippen LogP) is 0.497. The first kappa shape index (κ1) is 18.4. The quantitative estimate of drug-likeness (QED) is 0.476. The molecule has 0 saturated heterocycles. The number of likely N-dealkylation sites (N-methyl/N-ethyl adjacent to an activating group) is 1. The fourth-order valence-corrected chi connectivity index (χ4v) is 1.51. The number of urea groups is 1. The van der Waals surface area contributed by atoms with Gasteiger partial charge in [-0.2, -0.15) is 0 Å². The van der Waals surface area contributed by atoms with Crippen LogP contribution in [0.3, 0.4) is 0 Å². The summed E-state index contributed by atoms with van der Waals surface area (Å²) in [4.78, 5) is 35.5. The molecule has 0 heterocycles. The van der Waals surface area contributed by atoms with Crippen molar-refractivity contribution < 1.29 is 19.1 Å². The van der Waals surface area contributed by atoms with Gasteiger partial charge >= 0.3 is 12.0 Å². The lowest BCUT2D eigenvalue weighted by atomic mass is 10.3. The van der Waals surface area contributed by atoms with Crippen molar-refractivity contribution in [1.82, 2.24) is 15.5 Å². The maximum absolute atomic E-state index is 11.5. The highest BCUT2D eigenvalue weighted by Crippen LogP contribution is 1.94. The third kappa shape index (κ3) is 10.3. The van der Waals surface area contributed by atoms with E-state index in [0.717, 1.165) is 12.8 Å². The molecule has 0 aromatic heterocycles. The van der Waals surface area contributed by atoms with Gasteiger partial charge in [-0.15, -0.1) is 0 Å². The Balaban J connectivity index is 3.73. The zero-order valence-corrected chi connectivity index (χ0v) is 12.5. The Bertz CT molecular complexity index is 321. The molecule has 116 valence electrons. The van der Waals surface area contributed by atoms with Crippen LogP contribution in [-0.2, 0) is 14.3 Å². The number of nitrogens with zero attached hydrogens (tertiary/aromatic N) is 1. The minimum atomic E-state index is -0.466. The third-order valence-corrected chi connectivity index (χ3v) is 2.63. The molecule has 7 heteroatoms. The van der Waals surface area contributed by atoms with E-state index in [2.05, 4.69) is 15.4 Å². The van der Waals surface area contributed by atoms with E-state index in [1.165, 1.54) is 7.11 Å². The zero-order chi connectivity index (χ0) is 15.4. The summed E-state index contributed by atoms with van der Waals surface area (Å²) < 4.78 is 4.52. The largest absolute Gasteiger partial charge is 0.469 e. The van der Waals surface area contributed by atoms with E-state index in [0.29, 0.717) is 25.9 Å². The van der Waals surface area contributed by atoms with Gasteiger partial charge in [0, 0.05) is 13.0 Å². The fourth-order valence-electron chi connectivity index (χ4n) is 1.51. The molecule has 7 nitrogen and oxygen atoms in total. The van der Waals surface area contributed by atoms with Crippen molar-refractivity contribution in [3.05, 3.63) is 0 Å². The summed E-state index contributed by atoms with van der Waals surface area (Å²) in [5, 5.41) is 4.86. The van der Waals surface area contributed by atoms with Crippen LogP contribution in [0.2, 0.25) is 0 Å². The van der Waals surface area contributed by atoms with E-state index in [4.69, 9.17) is 0 Å². The Labute approximate surface area is 120 Å². The molecule has 0 radical (unpaired) electrons. The van der Waals surface area contributed by atoms with Gasteiger partial charge in [0.1, 0.15) is 0 Å². The van der Waals surface area contributed by atoms with Crippen LogP contribution < -0.4 is 10.6 Å². The van der Waals surface area contributed by atoms with Crippen molar-refractivity contribution in [2.45, 2.75) is 32.6 Å². The van der Waals surface area contributed by atoms with Gasteiger partial charge in [0.25, 0.3) is 0 Å². The summed E-state index contributed by atoms with van der Waals surface area (Å²) in [5.74, 6) is -0.627. The van der Waals surface area contributed by atoms with Crippen molar-refractivity contribution in [3.63, 3.8) is 0 Å². The lowest BCUT2D eigenvalue weighted by molar-refractivity contribution is -0.140. The number of nitrogens with one attached hydrogen (secondary N) is 2. The summed E-state index contributed by atoms with van der Waals surface area (Å²) >= 11 is 0. The van der Waals surface area contributed by atoms with Crippen molar-refractivity contribution in [2.75, 3.05) is 33.8 Å². The summed E-state index contributed by atoms with van der Waals surface area (Å²) in [6, 6.07) is -0.466. The molecule has 0 aliphatic rings. The molecule has 0 bridgehead atoms. The molecule has 0 aromatic rings. The van der Waals surface area contributed by atoms with E-state index in [1.807, 2.05) is 6.92 Å². The van der Waals surface area contributed by atoms with E-state index < -0.39 is 6.03 Å². The van der Waals surface area contributed by atoms with Gasteiger partial charge in [-0.1, -0.05) is 13.3 Å². The maximum atomic E-state index is 11.5. The second-order valence-electron chi connectivity index (χ2n) is 4.58. The molecule has 0 rings (SSSR count). The SMILES string of the molecule is CCCCNC(=O)NC(=O)CN(C)CCCC(=O)OC. The molecule has 0 unspecified atom stereocenters. The predicted molar refractivity (Wildman–Crippen MR) is 75.2 cm³/mol. The van der Waals surface area contributed by atoms with Crippen LogP contribution in [0.15, 0.2) is 0 Å². The highest BCUT2D eigenvalue weighted by Gasteiger charge is 2.10. The lowest BCUT2D eigenvalue weighted by Crippen LogP contribution is -2.44. The molecule has 0 aromatic carbocycles. The first-order valence-corrected chi connectivity index (χ1v) is 6.82. The number of esters is 1. The summed E-state index contributed by atoms with van der Waals surface area (Å²) in [7, 11) is 3.10. The topological polar surface area (TPSA) is 87.7 Å². The molecular formula is C13H25N3O4. The van der Waals surface area contributed by atoms with Crippen LogP contribution in [0.25, 0.3) is 0 Å². The average molecular weight is 287 g/mol. The van der Waals surface area contributed by atoms with Crippen LogP contribution in [0.4, 0.5) is 4.79 Å². The van der Waals surface area contributed by atoms with Crippen LogP contribution in [0.5, 0.6) is 0 Å². The standard InChI is InChI=1S/C13H25N3O4/c1-4-5-8-14-13(19)15-11(17)10-16(2)9-6-7-12(18)20-3/h4-10H2,1-3H3,(H2,14,15,17,19). The van der Waals surface area contributed by atoms with Crippen LogP contribution >= 0.6 is 0 Å². The van der Waals surface area contributed by atoms with Crippen molar-refractivity contribution in [1.29, 1.82) is 0 Å². The van der Waals surface area contributed by atoms with E-state index in [1.54, 1.807) is 11.9 Å². The highest BCUT2D eigenvalue weighted by molar-refractivity contribution is 5.95. The number of hydrogen-bond acceptors (Lipinski definition) is 5. The number of imide groups is 1. The molecule has 3 amide bonds. The number of ether oxygens (including phenoxy) is 1. The Morgan fingerprint density at radius 2 is 1.90 bits per heavy atom. The van der Waals surface area contributed by atoms with Gasteiger partial charge in [-0.05, 0) is 26.4 Å². The highest BCUT2D eigenvalue weighted by atomic mass is 16.5. The second kappa shape index (κ2) is 11.2. The number of methoxy groups -OCH3 is 1. The minimum Gasteiger partial charge on any atom is -0.469 e. The maximum Gasteiger partial charge on any atom is 0.321 e. The number of amides is 3. The molecule has 0 spiro atoms. The number of rotatable bonds is 9. The molecular weight excluding hydrogens is 262 g/mol. The van der Waals surface area contributed by atoms with Gasteiger partial charge in [-0.3, -0.25) is 19.8 Å². The Kier molecular flexibility index (Phi) is 10.3. The Hall–Kier alpha value is -1.63. The average Bonchev–Trinajstić information content (AvgIpc) is 2.38. The minimum absolute atomic E-state index is 0.113. The molecule has 0 saturated carbocycles. The first-order chi connectivity index (χ1) is 9.49. The molecule has 0 atom stereocenters. The van der Waals surface area contributed by atoms with E-state index in [9.17, 15) is 14.4 Å². The smallest absolute Gasteiger partial charge is 0.321 e. The van der Waals surface area contributed by atoms with Crippen LogP contribution in [0, 0.1) is 0 Å². The van der Waals surface area contributed by atoms with E-state index in [-0.39, 0.29) is 18.4 Å². The Morgan fingerprint density at radius 1 is 1.20 bits per heavy atom. The lowest BCUT2D eigenvalue weighted by Gasteiger charge is -2.15. The van der Waals surface area contributed by atoms with Gasteiger partial charge in [0.15, 0.2) is 0 Å². The molecule has 0 aliphatic heterocycles. The van der Waals surface area contributed by atoms with Gasteiger partial charge in [0.05, 0.1) is 13.7 Å². The Morgan fingerprint density at radius 3 is 2.50 bits per heavy atom. The number of unbranched alkanes of at least 4 members (excludes halogenated alkanes) is 1. The molecule has 20 heavy (non-hydrogen) atoms. The first-order valence-electron chi connectivity index (χ1n) is 6.82.